The highest BCUT2D eigenvalue weighted by atomic mass is 19.1. The number of allylic oxidation sites excluding steroid dienone is 1. The number of halogens is 1. The van der Waals surface area contributed by atoms with Gasteiger partial charge in [-0.3, -0.25) is 0 Å². The first-order chi connectivity index (χ1) is 16.2. The van der Waals surface area contributed by atoms with Crippen LogP contribution in [0.15, 0.2) is 71.4 Å². The summed E-state index contributed by atoms with van der Waals surface area (Å²) in [5.74, 6) is 0.298. The molecule has 1 aliphatic heterocycles. The van der Waals surface area contributed by atoms with Crippen LogP contribution in [0.3, 0.4) is 0 Å². The van der Waals surface area contributed by atoms with Crippen LogP contribution in [0.2, 0.25) is 0 Å². The van der Waals surface area contributed by atoms with Crippen LogP contribution in [-0.2, 0) is 4.74 Å². The standard InChI is InChI=1S/C21H15FN4O.C5H10O/c22-15-8-6-14(7-9-15)19(24)17(11-23)20-16-10-18(13-4-2-1-3-5-13)27-21(16)26-12-25-20;1-2-4-6-5-3-1/h1-12,23H,24H2;1-5H2/b19-17+,23-11?;. The summed E-state index contributed by atoms with van der Waals surface area (Å²) in [7, 11) is 0. The molecule has 5 rings (SSSR count). The van der Waals surface area contributed by atoms with E-state index in [-0.39, 0.29) is 5.82 Å². The lowest BCUT2D eigenvalue weighted by atomic mass is 10.0. The van der Waals surface area contributed by atoms with Crippen molar-refractivity contribution >= 4 is 28.6 Å². The van der Waals surface area contributed by atoms with Crippen molar-refractivity contribution in [2.45, 2.75) is 19.3 Å². The van der Waals surface area contributed by atoms with Crippen molar-refractivity contribution < 1.29 is 13.5 Å². The molecule has 1 aliphatic rings. The molecule has 2 aromatic heterocycles. The molecular formula is C26H25FN4O2. The molecule has 0 unspecified atom stereocenters. The van der Waals surface area contributed by atoms with E-state index in [4.69, 9.17) is 20.3 Å². The summed E-state index contributed by atoms with van der Waals surface area (Å²) in [6.07, 6.45) is 6.44. The second-order valence-corrected chi connectivity index (χ2v) is 7.57. The van der Waals surface area contributed by atoms with Crippen LogP contribution in [0, 0.1) is 11.2 Å². The topological polar surface area (TPSA) is 98.0 Å². The Balaban J connectivity index is 0.000000376. The number of nitrogens with zero attached hydrogens (tertiary/aromatic N) is 2. The molecule has 3 N–H and O–H groups in total. The molecule has 2 aromatic carbocycles. The number of nitrogens with two attached hydrogens (primary N) is 1. The maximum absolute atomic E-state index is 13.2. The number of rotatable bonds is 4. The zero-order valence-corrected chi connectivity index (χ0v) is 18.1. The molecule has 1 fully saturated rings. The minimum absolute atomic E-state index is 0.326. The van der Waals surface area contributed by atoms with Crippen molar-refractivity contribution in [3.05, 3.63) is 84.1 Å². The van der Waals surface area contributed by atoms with Gasteiger partial charge in [-0.2, -0.15) is 0 Å². The molecule has 1 saturated heterocycles. The van der Waals surface area contributed by atoms with E-state index in [0.29, 0.717) is 39.4 Å². The largest absolute Gasteiger partial charge is 0.438 e. The molecule has 3 heterocycles. The zero-order chi connectivity index (χ0) is 23.0. The van der Waals surface area contributed by atoms with Gasteiger partial charge in [0.1, 0.15) is 17.9 Å². The number of fused-ring (bicyclic) bond motifs is 1. The second kappa shape index (κ2) is 10.7. The Morgan fingerprint density at radius 2 is 1.70 bits per heavy atom. The highest BCUT2D eigenvalue weighted by Crippen LogP contribution is 2.31. The molecule has 0 bridgehead atoms. The molecule has 6 nitrogen and oxygen atoms in total. The summed E-state index contributed by atoms with van der Waals surface area (Å²) in [6, 6.07) is 17.3. The SMILES string of the molecule is C1CCOCC1.N=C/C(=C(\N)c1ccc(F)cc1)c1ncnc2oc(-c3ccccc3)cc12. The minimum atomic E-state index is -0.352. The quantitative estimate of drug-likeness (QED) is 0.394. The first kappa shape index (κ1) is 22.4. The zero-order valence-electron chi connectivity index (χ0n) is 18.1. The fraction of sp³-hybridized carbons (Fsp3) is 0.192. The van der Waals surface area contributed by atoms with E-state index < -0.39 is 0 Å². The van der Waals surface area contributed by atoms with Gasteiger partial charge in [0.2, 0.25) is 5.71 Å². The lowest BCUT2D eigenvalue weighted by Gasteiger charge is -2.08. The number of ether oxygens (including phenoxy) is 1. The van der Waals surface area contributed by atoms with E-state index in [1.54, 1.807) is 12.1 Å². The van der Waals surface area contributed by atoms with Gasteiger partial charge in [-0.05, 0) is 55.2 Å². The minimum Gasteiger partial charge on any atom is -0.438 e. The molecule has 0 radical (unpaired) electrons. The van der Waals surface area contributed by atoms with Gasteiger partial charge in [0.25, 0.3) is 0 Å². The lowest BCUT2D eigenvalue weighted by Crippen LogP contribution is -2.04. The molecule has 168 valence electrons. The molecule has 4 aromatic rings. The summed E-state index contributed by atoms with van der Waals surface area (Å²) in [4.78, 5) is 8.50. The Labute approximate surface area is 191 Å². The highest BCUT2D eigenvalue weighted by molar-refractivity contribution is 6.20. The van der Waals surface area contributed by atoms with E-state index in [1.165, 1.54) is 37.7 Å². The molecule has 7 heteroatoms. The highest BCUT2D eigenvalue weighted by Gasteiger charge is 2.16. The predicted molar refractivity (Wildman–Crippen MR) is 128 cm³/mol. The molecule has 0 aliphatic carbocycles. The van der Waals surface area contributed by atoms with Crippen LogP contribution in [0.5, 0.6) is 0 Å². The van der Waals surface area contributed by atoms with Crippen LogP contribution in [0.1, 0.15) is 30.5 Å². The van der Waals surface area contributed by atoms with Crippen molar-refractivity contribution in [2.24, 2.45) is 5.73 Å². The van der Waals surface area contributed by atoms with Gasteiger partial charge in [0, 0.05) is 36.3 Å². The van der Waals surface area contributed by atoms with Crippen molar-refractivity contribution in [1.82, 2.24) is 9.97 Å². The smallest absolute Gasteiger partial charge is 0.230 e. The van der Waals surface area contributed by atoms with E-state index in [2.05, 4.69) is 9.97 Å². The third kappa shape index (κ3) is 5.32. The van der Waals surface area contributed by atoms with Gasteiger partial charge in [-0.25, -0.2) is 14.4 Å². The molecule has 0 spiro atoms. The van der Waals surface area contributed by atoms with Crippen molar-refractivity contribution in [1.29, 1.82) is 5.41 Å². The maximum Gasteiger partial charge on any atom is 0.230 e. The van der Waals surface area contributed by atoms with E-state index in [0.717, 1.165) is 25.0 Å². The average Bonchev–Trinajstić information content (AvgIpc) is 3.32. The Kier molecular flexibility index (Phi) is 7.22. The predicted octanol–water partition coefficient (Wildman–Crippen LogP) is 5.69. The van der Waals surface area contributed by atoms with Crippen molar-refractivity contribution in [3.8, 4) is 11.3 Å². The second-order valence-electron chi connectivity index (χ2n) is 7.57. The number of hydrogen-bond donors (Lipinski definition) is 2. The first-order valence-corrected chi connectivity index (χ1v) is 10.8. The Bertz CT molecular complexity index is 1240. The van der Waals surface area contributed by atoms with Gasteiger partial charge in [0.15, 0.2) is 0 Å². The number of hydrogen-bond acceptors (Lipinski definition) is 6. The Morgan fingerprint density at radius 1 is 0.970 bits per heavy atom. The molecular weight excluding hydrogens is 419 g/mol. The number of benzene rings is 2. The van der Waals surface area contributed by atoms with Crippen LogP contribution in [0.25, 0.3) is 33.7 Å². The summed E-state index contributed by atoms with van der Waals surface area (Å²) < 4.78 is 24.1. The number of furan rings is 1. The Morgan fingerprint density at radius 3 is 2.30 bits per heavy atom. The van der Waals surface area contributed by atoms with E-state index in [9.17, 15) is 4.39 Å². The molecule has 33 heavy (non-hydrogen) atoms. The van der Waals surface area contributed by atoms with Gasteiger partial charge < -0.3 is 20.3 Å². The van der Waals surface area contributed by atoms with Gasteiger partial charge in [0.05, 0.1) is 11.1 Å². The third-order valence-electron chi connectivity index (χ3n) is 5.31. The van der Waals surface area contributed by atoms with Gasteiger partial charge >= 0.3 is 0 Å². The number of nitrogens with one attached hydrogen (secondary N) is 1. The van der Waals surface area contributed by atoms with Gasteiger partial charge in [-0.1, -0.05) is 30.3 Å². The molecule has 0 amide bonds. The third-order valence-corrected chi connectivity index (χ3v) is 5.31. The Hall–Kier alpha value is -3.84. The normalized spacial score (nSPS) is 14.2. The maximum atomic E-state index is 13.2. The monoisotopic (exact) mass is 444 g/mol. The van der Waals surface area contributed by atoms with Crippen LogP contribution < -0.4 is 5.73 Å². The summed E-state index contributed by atoms with van der Waals surface area (Å²) in [6.45, 7) is 2.00. The molecule has 0 atom stereocenters. The summed E-state index contributed by atoms with van der Waals surface area (Å²) in [5.41, 5.74) is 9.41. The summed E-state index contributed by atoms with van der Waals surface area (Å²) >= 11 is 0. The van der Waals surface area contributed by atoms with E-state index >= 15 is 0 Å². The fourth-order valence-corrected chi connectivity index (χ4v) is 3.56. The molecule has 0 saturated carbocycles. The van der Waals surface area contributed by atoms with E-state index in [1.807, 2.05) is 36.4 Å². The number of aromatic nitrogens is 2. The van der Waals surface area contributed by atoms with Crippen LogP contribution in [0.4, 0.5) is 4.39 Å². The average molecular weight is 445 g/mol. The fourth-order valence-electron chi connectivity index (χ4n) is 3.56. The summed E-state index contributed by atoms with van der Waals surface area (Å²) in [5, 5.41) is 8.49. The van der Waals surface area contributed by atoms with Crippen molar-refractivity contribution in [3.63, 3.8) is 0 Å². The van der Waals surface area contributed by atoms with Crippen LogP contribution in [-0.4, -0.2) is 29.4 Å². The van der Waals surface area contributed by atoms with Crippen LogP contribution >= 0.6 is 0 Å². The van der Waals surface area contributed by atoms with Crippen molar-refractivity contribution in [2.75, 3.05) is 13.2 Å². The first-order valence-electron chi connectivity index (χ1n) is 10.8. The lowest BCUT2D eigenvalue weighted by molar-refractivity contribution is 0.0968. The van der Waals surface area contributed by atoms with Gasteiger partial charge in [-0.15, -0.1) is 0 Å².